The SMILES string of the molecule is CC(C)(C)c1ccc(N2c3ccc(C(C)(C)C)cc3B3c4cc5c(cc4N(c4ccc(C(C)(C)C)cc4)c4cc(N(c6ccc7ccccc7c6)c6cc7c(c8ccccc68)-c6ccccc6C7(C)C)cc2c43)OCCO5)cc1. The van der Waals surface area contributed by atoms with Crippen molar-refractivity contribution in [2.24, 2.45) is 0 Å². The molecule has 0 atom stereocenters. The third-order valence-corrected chi connectivity index (χ3v) is 17.6. The van der Waals surface area contributed by atoms with Gasteiger partial charge in [-0.2, -0.15) is 0 Å². The van der Waals surface area contributed by atoms with Crippen LogP contribution in [0.2, 0.25) is 0 Å². The van der Waals surface area contributed by atoms with E-state index in [1.807, 2.05) is 0 Å². The van der Waals surface area contributed by atoms with Crippen molar-refractivity contribution in [1.29, 1.82) is 0 Å². The second-order valence-corrected chi connectivity index (χ2v) is 26.1. The van der Waals surface area contributed by atoms with Crippen molar-refractivity contribution in [1.82, 2.24) is 0 Å². The summed E-state index contributed by atoms with van der Waals surface area (Å²) in [5.41, 5.74) is 22.5. The number of nitrogens with zero attached hydrogens (tertiary/aromatic N) is 3. The van der Waals surface area contributed by atoms with Crippen LogP contribution in [0.3, 0.4) is 0 Å². The van der Waals surface area contributed by atoms with Crippen molar-refractivity contribution in [3.05, 3.63) is 216 Å². The highest BCUT2D eigenvalue weighted by molar-refractivity contribution is 7.00. The van der Waals surface area contributed by atoms with Gasteiger partial charge in [0.05, 0.1) is 11.4 Å². The van der Waals surface area contributed by atoms with Crippen molar-refractivity contribution in [3.63, 3.8) is 0 Å². The molecule has 4 aliphatic rings. The third-order valence-electron chi connectivity index (χ3n) is 17.6. The highest BCUT2D eigenvalue weighted by Gasteiger charge is 2.46. The average Bonchev–Trinajstić information content (AvgIpc) is 3.87. The first-order chi connectivity index (χ1) is 37.8. The molecule has 390 valence electrons. The van der Waals surface area contributed by atoms with Gasteiger partial charge in [-0.15, -0.1) is 0 Å². The molecule has 6 heteroatoms. The quantitative estimate of drug-likeness (QED) is 0.160. The molecule has 79 heavy (non-hydrogen) atoms. The largest absolute Gasteiger partial charge is 0.486 e. The first-order valence-electron chi connectivity index (χ1n) is 28.4. The van der Waals surface area contributed by atoms with Crippen molar-refractivity contribution >= 4 is 95.8 Å². The molecule has 10 aromatic rings. The predicted octanol–water partition coefficient (Wildman–Crippen LogP) is 17.5. The zero-order valence-corrected chi connectivity index (χ0v) is 47.5. The second-order valence-electron chi connectivity index (χ2n) is 26.1. The fraction of sp³-hybridized carbons (Fsp3) is 0.233. The maximum absolute atomic E-state index is 6.54. The van der Waals surface area contributed by atoms with E-state index in [-0.39, 0.29) is 28.4 Å². The van der Waals surface area contributed by atoms with E-state index in [0.29, 0.717) is 13.2 Å². The minimum atomic E-state index is -0.245. The Kier molecular flexibility index (Phi) is 10.8. The van der Waals surface area contributed by atoms with Gasteiger partial charge in [-0.05, 0) is 154 Å². The van der Waals surface area contributed by atoms with Crippen LogP contribution in [0, 0.1) is 0 Å². The molecular formula is C73H68BN3O2. The Morgan fingerprint density at radius 2 is 0.987 bits per heavy atom. The van der Waals surface area contributed by atoms with Gasteiger partial charge >= 0.3 is 0 Å². The highest BCUT2D eigenvalue weighted by Crippen LogP contribution is 2.56. The standard InChI is InChI=1S/C73H68BN3O2/c1-70(2,3)47-25-31-50(32-26-47)76-61-35-29-49(72(7,8)9)39-59(61)74-60-43-66-67(79-37-36-78-66)44-63(60)77(51-33-27-48(28-34-51)71(4,5)6)65-41-53(40-64(76)69(65)74)75(52-30-24-45-18-12-13-19-46(45)38-52)62-42-58-68(55-21-15-14-20-54(55)62)56-22-16-17-23-57(56)73(58,10)11/h12-35,38-44H,36-37H2,1-11H3. The molecule has 0 N–H and O–H groups in total. The number of fused-ring (bicyclic) bond motifs is 11. The molecule has 0 fully saturated rings. The van der Waals surface area contributed by atoms with Crippen LogP contribution in [-0.2, 0) is 21.7 Å². The minimum absolute atomic E-state index is 0.0171. The van der Waals surface area contributed by atoms with Crippen LogP contribution in [0.1, 0.15) is 104 Å². The van der Waals surface area contributed by atoms with Crippen LogP contribution < -0.4 is 40.6 Å². The first-order valence-corrected chi connectivity index (χ1v) is 28.4. The van der Waals surface area contributed by atoms with E-state index in [9.17, 15) is 0 Å². The maximum atomic E-state index is 6.54. The average molecular weight is 1030 g/mol. The summed E-state index contributed by atoms with van der Waals surface area (Å²) in [7, 11) is 0. The summed E-state index contributed by atoms with van der Waals surface area (Å²) in [6, 6.07) is 71.9. The van der Waals surface area contributed by atoms with Crippen LogP contribution in [-0.4, -0.2) is 19.9 Å². The number of hydrogen-bond donors (Lipinski definition) is 0. The fourth-order valence-electron chi connectivity index (χ4n) is 13.4. The van der Waals surface area contributed by atoms with Crippen molar-refractivity contribution < 1.29 is 9.47 Å². The number of anilines is 9. The molecule has 5 nitrogen and oxygen atoms in total. The zero-order valence-electron chi connectivity index (χ0n) is 47.5. The van der Waals surface area contributed by atoms with Gasteiger partial charge in [0.15, 0.2) is 11.5 Å². The number of hydrogen-bond acceptors (Lipinski definition) is 5. The Hall–Kier alpha value is -8.22. The van der Waals surface area contributed by atoms with Gasteiger partial charge in [0, 0.05) is 56.7 Å². The lowest BCUT2D eigenvalue weighted by Gasteiger charge is -2.45. The molecule has 0 saturated carbocycles. The van der Waals surface area contributed by atoms with E-state index in [1.165, 1.54) is 82.6 Å². The van der Waals surface area contributed by atoms with Gasteiger partial charge in [0.1, 0.15) is 13.2 Å². The molecule has 0 bridgehead atoms. The second kappa shape index (κ2) is 17.4. The summed E-state index contributed by atoms with van der Waals surface area (Å²) in [4.78, 5) is 7.66. The smallest absolute Gasteiger partial charge is 0.252 e. The van der Waals surface area contributed by atoms with Crippen molar-refractivity contribution in [2.45, 2.75) is 97.8 Å². The van der Waals surface area contributed by atoms with Crippen LogP contribution in [0.25, 0.3) is 32.7 Å². The fourth-order valence-corrected chi connectivity index (χ4v) is 13.4. The number of ether oxygens (including phenoxy) is 2. The molecular weight excluding hydrogens is 962 g/mol. The Morgan fingerprint density at radius 3 is 1.63 bits per heavy atom. The topological polar surface area (TPSA) is 28.2 Å². The molecule has 0 saturated heterocycles. The summed E-state index contributed by atoms with van der Waals surface area (Å²) in [6.07, 6.45) is 0. The molecule has 3 heterocycles. The Balaban J connectivity index is 1.13. The minimum Gasteiger partial charge on any atom is -0.486 e. The molecule has 3 aliphatic heterocycles. The highest BCUT2D eigenvalue weighted by atomic mass is 16.6. The number of rotatable bonds is 5. The molecule has 0 spiro atoms. The Bertz CT molecular complexity index is 4140. The summed E-state index contributed by atoms with van der Waals surface area (Å²) in [5, 5.41) is 4.85. The van der Waals surface area contributed by atoms with Crippen LogP contribution in [0.5, 0.6) is 11.5 Å². The van der Waals surface area contributed by atoms with E-state index in [1.54, 1.807) is 0 Å². The Labute approximate surface area is 467 Å². The lowest BCUT2D eigenvalue weighted by Crippen LogP contribution is -2.61. The van der Waals surface area contributed by atoms with Gasteiger partial charge in [0.2, 0.25) is 0 Å². The zero-order chi connectivity index (χ0) is 54.5. The normalized spacial score (nSPS) is 14.9. The van der Waals surface area contributed by atoms with Crippen molar-refractivity contribution in [2.75, 3.05) is 27.9 Å². The van der Waals surface area contributed by atoms with E-state index >= 15 is 0 Å². The molecule has 1 aliphatic carbocycles. The Morgan fingerprint density at radius 1 is 0.443 bits per heavy atom. The third kappa shape index (κ3) is 7.72. The maximum Gasteiger partial charge on any atom is 0.252 e. The van der Waals surface area contributed by atoms with Gasteiger partial charge in [0.25, 0.3) is 6.71 Å². The van der Waals surface area contributed by atoms with Crippen LogP contribution >= 0.6 is 0 Å². The van der Waals surface area contributed by atoms with Gasteiger partial charge < -0.3 is 24.2 Å². The van der Waals surface area contributed by atoms with E-state index in [4.69, 9.17) is 9.47 Å². The van der Waals surface area contributed by atoms with Crippen molar-refractivity contribution in [3.8, 4) is 22.6 Å². The lowest BCUT2D eigenvalue weighted by atomic mass is 9.33. The molecule has 0 aromatic heterocycles. The van der Waals surface area contributed by atoms with E-state index in [0.717, 1.165) is 57.0 Å². The molecule has 14 rings (SSSR count). The van der Waals surface area contributed by atoms with Gasteiger partial charge in [-0.1, -0.05) is 191 Å². The summed E-state index contributed by atoms with van der Waals surface area (Å²) in [5.74, 6) is 1.56. The summed E-state index contributed by atoms with van der Waals surface area (Å²) in [6.45, 7) is 26.4. The van der Waals surface area contributed by atoms with Gasteiger partial charge in [-0.3, -0.25) is 0 Å². The monoisotopic (exact) mass is 1030 g/mol. The lowest BCUT2D eigenvalue weighted by molar-refractivity contribution is 0.172. The predicted molar refractivity (Wildman–Crippen MR) is 335 cm³/mol. The molecule has 0 unspecified atom stereocenters. The van der Waals surface area contributed by atoms with E-state index < -0.39 is 0 Å². The summed E-state index contributed by atoms with van der Waals surface area (Å²) < 4.78 is 13.1. The first kappa shape index (κ1) is 49.1. The summed E-state index contributed by atoms with van der Waals surface area (Å²) >= 11 is 0. The van der Waals surface area contributed by atoms with Crippen LogP contribution in [0.15, 0.2) is 188 Å². The van der Waals surface area contributed by atoms with E-state index in [2.05, 4.69) is 279 Å². The molecule has 0 radical (unpaired) electrons. The number of benzene rings is 10. The molecule has 0 amide bonds. The molecule has 10 aromatic carbocycles. The van der Waals surface area contributed by atoms with Gasteiger partial charge in [-0.25, -0.2) is 0 Å². The van der Waals surface area contributed by atoms with Crippen LogP contribution in [0.4, 0.5) is 51.2 Å².